The van der Waals surface area contributed by atoms with Gasteiger partial charge in [-0.2, -0.15) is 11.8 Å². The smallest absolute Gasteiger partial charge is 1.00 e. The molecule has 0 aliphatic rings. The first-order chi connectivity index (χ1) is 18.9. The number of thioether (sulfide) groups is 1. The third-order valence-corrected chi connectivity index (χ3v) is 7.20. The Balaban J connectivity index is 0.00000294. The predicted octanol–water partition coefficient (Wildman–Crippen LogP) is 4.29. The molecule has 1 amide bonds. The van der Waals surface area contributed by atoms with E-state index in [0.29, 0.717) is 17.7 Å². The van der Waals surface area contributed by atoms with Crippen LogP contribution in [-0.2, 0) is 17.6 Å². The van der Waals surface area contributed by atoms with Crippen LogP contribution in [0.1, 0.15) is 34.9 Å². The first kappa shape index (κ1) is 31.1. The van der Waals surface area contributed by atoms with Gasteiger partial charge >= 0.3 is 24.8 Å². The summed E-state index contributed by atoms with van der Waals surface area (Å²) < 4.78 is 5.99. The van der Waals surface area contributed by atoms with Gasteiger partial charge in [-0.3, -0.25) is 4.79 Å². The van der Waals surface area contributed by atoms with E-state index in [1.807, 2.05) is 92.0 Å². The van der Waals surface area contributed by atoms with Crippen LogP contribution in [0.2, 0.25) is 0 Å². The average Bonchev–Trinajstić information content (AvgIpc) is 2.95. The maximum atomic E-state index is 13.3. The molecule has 40 heavy (non-hydrogen) atoms. The van der Waals surface area contributed by atoms with Gasteiger partial charge in [-0.1, -0.05) is 66.7 Å². The quantitative estimate of drug-likeness (QED) is 0.259. The number of hydrogen-bond donors (Lipinski definition) is 2. The number of carboxylic acid groups (broad SMARTS) is 1. The van der Waals surface area contributed by atoms with Crippen LogP contribution in [0.3, 0.4) is 0 Å². The van der Waals surface area contributed by atoms with Crippen molar-refractivity contribution in [1.82, 2.24) is 5.32 Å². The van der Waals surface area contributed by atoms with Crippen molar-refractivity contribution in [3.05, 3.63) is 119 Å². The average molecular weight is 548 g/mol. The predicted molar refractivity (Wildman–Crippen MR) is 160 cm³/mol. The largest absolute Gasteiger partial charge is 1.00 e. The number of carbonyl (C=O) groups is 2. The number of aliphatic carboxylic acids is 1. The molecule has 0 spiro atoms. The van der Waals surface area contributed by atoms with Crippen LogP contribution < -0.4 is 28.9 Å². The van der Waals surface area contributed by atoms with Crippen molar-refractivity contribution in [2.45, 2.75) is 32.2 Å². The Bertz CT molecular complexity index is 1430. The fourth-order valence-corrected chi connectivity index (χ4v) is 4.92. The first-order valence-electron chi connectivity index (χ1n) is 13.0. The van der Waals surface area contributed by atoms with Crippen molar-refractivity contribution in [2.24, 2.45) is 0 Å². The van der Waals surface area contributed by atoms with Gasteiger partial charge in [0.15, 0.2) is 0 Å². The number of carboxylic acids is 1. The molecule has 0 bridgehead atoms. The summed E-state index contributed by atoms with van der Waals surface area (Å²) >= 11 is 1.56. The van der Waals surface area contributed by atoms with E-state index >= 15 is 0 Å². The zero-order valence-corrected chi connectivity index (χ0v) is 24.0. The Morgan fingerprint density at radius 2 is 1.52 bits per heavy atom. The third kappa shape index (κ3) is 8.53. The molecular formula is C33H34LiNO4S. The summed E-state index contributed by atoms with van der Waals surface area (Å²) in [5.41, 5.74) is 5.53. The number of hydrogen-bond acceptors (Lipinski definition) is 4. The first-order valence-corrected chi connectivity index (χ1v) is 14.4. The third-order valence-electron chi connectivity index (χ3n) is 6.56. The van der Waals surface area contributed by atoms with Crippen molar-refractivity contribution >= 4 is 23.6 Å². The van der Waals surface area contributed by atoms with Crippen LogP contribution in [0.15, 0.2) is 97.1 Å². The number of amides is 1. The summed E-state index contributed by atoms with van der Waals surface area (Å²) in [5.74, 6) is 0.841. The minimum absolute atomic E-state index is 0. The van der Waals surface area contributed by atoms with Crippen LogP contribution in [0.5, 0.6) is 11.5 Å². The molecule has 0 radical (unpaired) electrons. The molecular weight excluding hydrogens is 513 g/mol. The zero-order valence-electron chi connectivity index (χ0n) is 24.2. The molecule has 0 saturated carbocycles. The van der Waals surface area contributed by atoms with Crippen LogP contribution in [0, 0.1) is 6.92 Å². The Morgan fingerprint density at radius 3 is 2.23 bits per heavy atom. The fraction of sp³-hybridized carbons (Fsp3) is 0.212. The van der Waals surface area contributed by atoms with E-state index in [0.717, 1.165) is 52.2 Å². The van der Waals surface area contributed by atoms with Gasteiger partial charge in [-0.05, 0) is 96.3 Å². The Hall–Kier alpha value is -3.43. The molecule has 0 aromatic heterocycles. The summed E-state index contributed by atoms with van der Waals surface area (Å²) in [7, 11) is 0. The molecule has 0 aliphatic heterocycles. The Morgan fingerprint density at radius 1 is 0.850 bits per heavy atom. The number of rotatable bonds is 12. The van der Waals surface area contributed by atoms with Gasteiger partial charge in [-0.25, -0.2) is 4.79 Å². The van der Waals surface area contributed by atoms with Crippen LogP contribution >= 0.6 is 11.8 Å². The minimum Gasteiger partial charge on any atom is -1.00 e. The van der Waals surface area contributed by atoms with E-state index in [1.165, 1.54) is 0 Å². The number of para-hydroxylation sites is 1. The fourth-order valence-electron chi connectivity index (χ4n) is 4.45. The summed E-state index contributed by atoms with van der Waals surface area (Å²) in [6, 6.07) is 30.6. The summed E-state index contributed by atoms with van der Waals surface area (Å²) in [6.07, 6.45) is 3.87. The summed E-state index contributed by atoms with van der Waals surface area (Å²) in [4.78, 5) is 25.1. The van der Waals surface area contributed by atoms with Gasteiger partial charge < -0.3 is 16.6 Å². The van der Waals surface area contributed by atoms with Gasteiger partial charge in [0.05, 0.1) is 0 Å². The second-order valence-corrected chi connectivity index (χ2v) is 10.4. The van der Waals surface area contributed by atoms with Crippen LogP contribution in [0.4, 0.5) is 0 Å². The van der Waals surface area contributed by atoms with Crippen molar-refractivity contribution < 1.29 is 39.7 Å². The van der Waals surface area contributed by atoms with Gasteiger partial charge in [0.2, 0.25) is 0 Å². The van der Waals surface area contributed by atoms with E-state index in [1.54, 1.807) is 11.8 Å². The molecule has 0 fully saturated rings. The van der Waals surface area contributed by atoms with E-state index in [-0.39, 0.29) is 26.2 Å². The standard InChI is InChI=1S/C33H33NO4S.Li.H/c1-23-9-6-7-14-28(23)30-22-25(17-18-29(30)32(35)34-31(33(36)37)19-20-39-2)16-15-24-10-8-13-27(21-24)38-26-11-4-3-5-12-26;;/h3-14,17-18,21-22,31H,15-16,19-20H2,1-2H3,(H,34,35)(H,36,37);;/q;+1;-1/t31-;;/m0../s1. The van der Waals surface area contributed by atoms with Crippen molar-refractivity contribution in [1.29, 1.82) is 0 Å². The number of ether oxygens (including phenoxy) is 1. The molecule has 202 valence electrons. The maximum absolute atomic E-state index is 13.3. The maximum Gasteiger partial charge on any atom is 1.00 e. The molecule has 0 saturated heterocycles. The summed E-state index contributed by atoms with van der Waals surface area (Å²) in [5, 5.41) is 12.4. The molecule has 5 nitrogen and oxygen atoms in total. The SMILES string of the molecule is CSCC[C@H](NC(=O)c1ccc(CCc2cccc(Oc3ccccc3)c2)cc1-c1ccccc1C)C(=O)O.[H-].[Li+]. The van der Waals surface area contributed by atoms with Crippen LogP contribution in [-0.4, -0.2) is 35.0 Å². The van der Waals surface area contributed by atoms with Crippen molar-refractivity contribution in [2.75, 3.05) is 12.0 Å². The molecule has 0 unspecified atom stereocenters. The van der Waals surface area contributed by atoms with Gasteiger partial charge in [-0.15, -0.1) is 0 Å². The van der Waals surface area contributed by atoms with Gasteiger partial charge in [0.25, 0.3) is 5.91 Å². The second-order valence-electron chi connectivity index (χ2n) is 9.40. The molecule has 0 heterocycles. The monoisotopic (exact) mass is 547 g/mol. The molecule has 0 aliphatic carbocycles. The second kappa shape index (κ2) is 15.4. The molecule has 4 rings (SSSR count). The van der Waals surface area contributed by atoms with E-state index in [9.17, 15) is 14.7 Å². The topological polar surface area (TPSA) is 75.6 Å². The number of benzene rings is 4. The van der Waals surface area contributed by atoms with Crippen LogP contribution in [0.25, 0.3) is 11.1 Å². The van der Waals surface area contributed by atoms with E-state index in [2.05, 4.69) is 23.5 Å². The molecule has 1 atom stereocenters. The molecule has 4 aromatic carbocycles. The Labute approximate surface area is 254 Å². The number of aryl methyl sites for hydroxylation is 3. The minimum atomic E-state index is -1.02. The molecule has 2 N–H and O–H groups in total. The zero-order chi connectivity index (χ0) is 27.6. The molecule has 4 aromatic rings. The normalized spacial score (nSPS) is 11.2. The van der Waals surface area contributed by atoms with Crippen molar-refractivity contribution in [3.63, 3.8) is 0 Å². The Kier molecular flexibility index (Phi) is 12.0. The number of nitrogens with one attached hydrogen (secondary N) is 1. The molecule has 7 heteroatoms. The van der Waals surface area contributed by atoms with E-state index in [4.69, 9.17) is 4.74 Å². The van der Waals surface area contributed by atoms with Gasteiger partial charge in [0, 0.05) is 5.56 Å². The summed E-state index contributed by atoms with van der Waals surface area (Å²) in [6.45, 7) is 2.01. The van der Waals surface area contributed by atoms with Crippen molar-refractivity contribution in [3.8, 4) is 22.6 Å². The van der Waals surface area contributed by atoms with Gasteiger partial charge in [0.1, 0.15) is 17.5 Å². The number of carbonyl (C=O) groups excluding carboxylic acids is 1. The van der Waals surface area contributed by atoms with E-state index < -0.39 is 12.0 Å².